The first-order chi connectivity index (χ1) is 13.7. The molecular weight excluding hydrogens is 363 g/mol. The Morgan fingerprint density at radius 1 is 1.11 bits per heavy atom. The van der Waals surface area contributed by atoms with E-state index in [-0.39, 0.29) is 24.4 Å². The molecule has 1 aliphatic heterocycles. The summed E-state index contributed by atoms with van der Waals surface area (Å²) in [7, 11) is 1.59. The average Bonchev–Trinajstić information content (AvgIpc) is 2.75. The third-order valence-corrected chi connectivity index (χ3v) is 4.66. The number of hydrogen-bond donors (Lipinski definition) is 1. The van der Waals surface area contributed by atoms with Crippen molar-refractivity contribution >= 4 is 5.91 Å². The molecule has 0 radical (unpaired) electrons. The molecule has 1 fully saturated rings. The minimum absolute atomic E-state index is 0.0468. The molecule has 150 valence electrons. The van der Waals surface area contributed by atoms with Gasteiger partial charge in [0.25, 0.3) is 5.91 Å². The second-order valence-electron chi connectivity index (χ2n) is 6.48. The molecule has 3 rings (SSSR count). The Morgan fingerprint density at radius 2 is 1.75 bits per heavy atom. The van der Waals surface area contributed by atoms with Gasteiger partial charge >= 0.3 is 0 Å². The molecule has 0 bridgehead atoms. The zero-order valence-electron chi connectivity index (χ0n) is 15.9. The summed E-state index contributed by atoms with van der Waals surface area (Å²) in [5.41, 5.74) is 0.958. The van der Waals surface area contributed by atoms with Crippen molar-refractivity contribution in [2.45, 2.75) is 6.04 Å². The fourth-order valence-corrected chi connectivity index (χ4v) is 3.11. The molecule has 1 saturated heterocycles. The van der Waals surface area contributed by atoms with Crippen molar-refractivity contribution in [3.8, 4) is 11.5 Å². The molecule has 1 N–H and O–H groups in total. The first-order valence-electron chi connectivity index (χ1n) is 9.26. The van der Waals surface area contributed by atoms with E-state index in [2.05, 4.69) is 10.2 Å². The maximum atomic E-state index is 13.3. The molecular formula is C21H25FN2O4. The predicted molar refractivity (Wildman–Crippen MR) is 103 cm³/mol. The van der Waals surface area contributed by atoms with E-state index in [0.29, 0.717) is 25.5 Å². The average molecular weight is 388 g/mol. The fourth-order valence-electron chi connectivity index (χ4n) is 3.11. The normalized spacial score (nSPS) is 15.6. The van der Waals surface area contributed by atoms with Gasteiger partial charge in [-0.25, -0.2) is 4.39 Å². The van der Waals surface area contributed by atoms with Crippen LogP contribution in [0.15, 0.2) is 48.5 Å². The van der Waals surface area contributed by atoms with E-state index in [1.165, 1.54) is 12.1 Å². The summed E-state index contributed by atoms with van der Waals surface area (Å²) in [6, 6.07) is 13.4. The SMILES string of the molecule is COc1ccc(OCC(=O)NCC(c2ccc(F)cc2)N2CCOCC2)cc1. The van der Waals surface area contributed by atoms with E-state index in [9.17, 15) is 9.18 Å². The monoisotopic (exact) mass is 388 g/mol. The van der Waals surface area contributed by atoms with Crippen molar-refractivity contribution in [2.75, 3.05) is 46.6 Å². The van der Waals surface area contributed by atoms with Crippen LogP contribution in [0.2, 0.25) is 0 Å². The van der Waals surface area contributed by atoms with Gasteiger partial charge in [0.1, 0.15) is 17.3 Å². The molecule has 1 heterocycles. The number of amides is 1. The van der Waals surface area contributed by atoms with Crippen LogP contribution < -0.4 is 14.8 Å². The van der Waals surface area contributed by atoms with Crippen LogP contribution in [-0.4, -0.2) is 57.4 Å². The number of halogens is 1. The number of carbonyl (C=O) groups excluding carboxylic acids is 1. The molecule has 0 spiro atoms. The summed E-state index contributed by atoms with van der Waals surface area (Å²) >= 11 is 0. The molecule has 1 amide bonds. The molecule has 0 saturated carbocycles. The lowest BCUT2D eigenvalue weighted by atomic mass is 10.0. The highest BCUT2D eigenvalue weighted by Crippen LogP contribution is 2.22. The van der Waals surface area contributed by atoms with Crippen LogP contribution in [0.1, 0.15) is 11.6 Å². The first-order valence-corrected chi connectivity index (χ1v) is 9.26. The molecule has 6 nitrogen and oxygen atoms in total. The number of ether oxygens (including phenoxy) is 3. The van der Waals surface area contributed by atoms with Crippen molar-refractivity contribution < 1.29 is 23.4 Å². The van der Waals surface area contributed by atoms with Crippen molar-refractivity contribution in [1.29, 1.82) is 0 Å². The third kappa shape index (κ3) is 5.68. The van der Waals surface area contributed by atoms with E-state index < -0.39 is 0 Å². The minimum Gasteiger partial charge on any atom is -0.497 e. The third-order valence-electron chi connectivity index (χ3n) is 4.66. The second kappa shape index (κ2) is 10.1. The smallest absolute Gasteiger partial charge is 0.258 e. The van der Waals surface area contributed by atoms with Gasteiger partial charge in [0.05, 0.1) is 26.4 Å². The molecule has 1 unspecified atom stereocenters. The van der Waals surface area contributed by atoms with Crippen molar-refractivity contribution in [1.82, 2.24) is 10.2 Å². The molecule has 2 aromatic carbocycles. The van der Waals surface area contributed by atoms with Gasteiger partial charge in [-0.2, -0.15) is 0 Å². The van der Waals surface area contributed by atoms with Gasteiger partial charge in [-0.05, 0) is 42.0 Å². The number of methoxy groups -OCH3 is 1. The minimum atomic E-state index is -0.276. The van der Waals surface area contributed by atoms with Gasteiger partial charge in [-0.15, -0.1) is 0 Å². The van der Waals surface area contributed by atoms with Crippen LogP contribution in [-0.2, 0) is 9.53 Å². The Morgan fingerprint density at radius 3 is 2.39 bits per heavy atom. The highest BCUT2D eigenvalue weighted by molar-refractivity contribution is 5.77. The Hall–Kier alpha value is -2.64. The summed E-state index contributed by atoms with van der Waals surface area (Å²) in [6.07, 6.45) is 0. The highest BCUT2D eigenvalue weighted by Gasteiger charge is 2.23. The molecule has 2 aromatic rings. The van der Waals surface area contributed by atoms with Crippen LogP contribution in [0, 0.1) is 5.82 Å². The Balaban J connectivity index is 1.55. The van der Waals surface area contributed by atoms with Crippen LogP contribution in [0.5, 0.6) is 11.5 Å². The number of hydrogen-bond acceptors (Lipinski definition) is 5. The quantitative estimate of drug-likeness (QED) is 0.753. The summed E-state index contributed by atoms with van der Waals surface area (Å²) in [5.74, 6) is 0.834. The molecule has 1 atom stereocenters. The van der Waals surface area contributed by atoms with Gasteiger partial charge in [0.2, 0.25) is 0 Å². The van der Waals surface area contributed by atoms with Crippen LogP contribution in [0.3, 0.4) is 0 Å². The van der Waals surface area contributed by atoms with Gasteiger partial charge in [0, 0.05) is 19.6 Å². The van der Waals surface area contributed by atoms with Crippen LogP contribution in [0.4, 0.5) is 4.39 Å². The summed E-state index contributed by atoms with van der Waals surface area (Å²) < 4.78 is 29.3. The molecule has 0 aromatic heterocycles. The molecule has 7 heteroatoms. The number of morpholine rings is 1. The fraction of sp³-hybridized carbons (Fsp3) is 0.381. The molecule has 28 heavy (non-hydrogen) atoms. The predicted octanol–water partition coefficient (Wildman–Crippen LogP) is 2.40. The molecule has 1 aliphatic rings. The number of nitrogens with one attached hydrogen (secondary N) is 1. The van der Waals surface area contributed by atoms with Crippen molar-refractivity contribution in [3.63, 3.8) is 0 Å². The maximum absolute atomic E-state index is 13.3. The first kappa shape index (κ1) is 20.1. The van der Waals surface area contributed by atoms with Crippen molar-refractivity contribution in [2.24, 2.45) is 0 Å². The Labute approximate surface area is 164 Å². The van der Waals surface area contributed by atoms with Crippen LogP contribution >= 0.6 is 0 Å². The van der Waals surface area contributed by atoms with Gasteiger partial charge in [0.15, 0.2) is 6.61 Å². The standard InChI is InChI=1S/C21H25FN2O4/c1-26-18-6-8-19(9-7-18)28-15-21(25)23-14-20(24-10-12-27-13-11-24)16-2-4-17(22)5-3-16/h2-9,20H,10-15H2,1H3,(H,23,25). The highest BCUT2D eigenvalue weighted by atomic mass is 19.1. The van der Waals surface area contributed by atoms with Gasteiger partial charge in [-0.3, -0.25) is 9.69 Å². The lowest BCUT2D eigenvalue weighted by molar-refractivity contribution is -0.123. The Bertz CT molecular complexity index is 746. The second-order valence-corrected chi connectivity index (χ2v) is 6.48. The number of nitrogens with zero attached hydrogens (tertiary/aromatic N) is 1. The molecule has 0 aliphatic carbocycles. The zero-order chi connectivity index (χ0) is 19.8. The van der Waals surface area contributed by atoms with E-state index in [0.717, 1.165) is 24.4 Å². The summed E-state index contributed by atoms with van der Waals surface area (Å²) in [5, 5.41) is 2.92. The van der Waals surface area contributed by atoms with Crippen LogP contribution in [0.25, 0.3) is 0 Å². The van der Waals surface area contributed by atoms with E-state index in [4.69, 9.17) is 14.2 Å². The topological polar surface area (TPSA) is 60.0 Å². The number of benzene rings is 2. The maximum Gasteiger partial charge on any atom is 0.258 e. The zero-order valence-corrected chi connectivity index (χ0v) is 15.9. The largest absolute Gasteiger partial charge is 0.497 e. The van der Waals surface area contributed by atoms with Gasteiger partial charge < -0.3 is 19.5 Å². The summed E-state index contributed by atoms with van der Waals surface area (Å²) in [6.45, 7) is 3.15. The van der Waals surface area contributed by atoms with E-state index >= 15 is 0 Å². The van der Waals surface area contributed by atoms with E-state index in [1.54, 1.807) is 43.5 Å². The Kier molecular flexibility index (Phi) is 7.22. The number of rotatable bonds is 8. The van der Waals surface area contributed by atoms with Gasteiger partial charge in [-0.1, -0.05) is 12.1 Å². The van der Waals surface area contributed by atoms with E-state index in [1.807, 2.05) is 0 Å². The number of carbonyl (C=O) groups is 1. The summed E-state index contributed by atoms with van der Waals surface area (Å²) in [4.78, 5) is 14.5. The van der Waals surface area contributed by atoms with Crippen molar-refractivity contribution in [3.05, 3.63) is 59.9 Å². The lowest BCUT2D eigenvalue weighted by Crippen LogP contribution is -2.44. The lowest BCUT2D eigenvalue weighted by Gasteiger charge is -2.35.